The first-order chi connectivity index (χ1) is 14.5. The Balaban J connectivity index is 1.40. The second-order valence-electron chi connectivity index (χ2n) is 7.14. The summed E-state index contributed by atoms with van der Waals surface area (Å²) in [6.45, 7) is 0. The summed E-state index contributed by atoms with van der Waals surface area (Å²) in [6, 6.07) is 8.48. The number of nitrogens with one attached hydrogen (secondary N) is 2. The molecule has 30 heavy (non-hydrogen) atoms. The lowest BCUT2D eigenvalue weighted by atomic mass is 9.84. The number of hydrogen-bond donors (Lipinski definition) is 2. The molecule has 0 saturated heterocycles. The summed E-state index contributed by atoms with van der Waals surface area (Å²) in [5.74, 6) is -3.55. The molecule has 1 aliphatic rings. The molecule has 1 amide bonds. The summed E-state index contributed by atoms with van der Waals surface area (Å²) in [4.78, 5) is 16.3. The van der Waals surface area contributed by atoms with Crippen molar-refractivity contribution in [2.75, 3.05) is 10.6 Å². The van der Waals surface area contributed by atoms with Gasteiger partial charge in [0.05, 0.1) is 5.69 Å². The molecule has 8 heteroatoms. The topological polar surface area (TPSA) is 67.2 Å². The predicted octanol–water partition coefficient (Wildman–Crippen LogP) is 5.95. The highest BCUT2D eigenvalue weighted by Gasteiger charge is 2.17. The third-order valence-corrected chi connectivity index (χ3v) is 5.04. The fraction of sp³-hybridized carbons (Fsp3) is 0.227. The highest BCUT2D eigenvalue weighted by atomic mass is 19.2. The molecule has 2 N–H and O–H groups in total. The van der Waals surface area contributed by atoms with E-state index in [1.54, 1.807) is 0 Å². The maximum Gasteiger partial charge on any atom is 0.299 e. The van der Waals surface area contributed by atoms with Gasteiger partial charge in [-0.3, -0.25) is 4.79 Å². The molecule has 1 aromatic heterocycles. The Morgan fingerprint density at radius 1 is 1.07 bits per heavy atom. The van der Waals surface area contributed by atoms with Gasteiger partial charge in [-0.1, -0.05) is 25.0 Å². The zero-order chi connectivity index (χ0) is 21.1. The number of oxazole rings is 1. The van der Waals surface area contributed by atoms with E-state index in [1.807, 2.05) is 24.3 Å². The van der Waals surface area contributed by atoms with Gasteiger partial charge in [0.1, 0.15) is 12.1 Å². The van der Waals surface area contributed by atoms with Crippen LogP contribution in [0.15, 0.2) is 47.1 Å². The van der Waals surface area contributed by atoms with Crippen LogP contribution in [0.4, 0.5) is 30.6 Å². The number of hydrogen-bond acceptors (Lipinski definition) is 4. The number of aromatic nitrogens is 1. The number of amides is 1. The second kappa shape index (κ2) is 8.61. The Labute approximate surface area is 171 Å². The summed E-state index contributed by atoms with van der Waals surface area (Å²) < 4.78 is 45.1. The fourth-order valence-corrected chi connectivity index (χ4v) is 3.45. The highest BCUT2D eigenvalue weighted by molar-refractivity contribution is 6.02. The van der Waals surface area contributed by atoms with Gasteiger partial charge < -0.3 is 15.1 Å². The maximum absolute atomic E-state index is 13.7. The SMILES string of the molecule is O=C(Nc1ccc(C2C[CH]CCC2)cc1)c1coc(Nc2cc(F)c(F)cc2F)n1. The lowest BCUT2D eigenvalue weighted by Crippen LogP contribution is -2.12. The Morgan fingerprint density at radius 3 is 2.57 bits per heavy atom. The van der Waals surface area contributed by atoms with Crippen LogP contribution >= 0.6 is 0 Å². The van der Waals surface area contributed by atoms with Crippen LogP contribution in [0.3, 0.4) is 0 Å². The van der Waals surface area contributed by atoms with E-state index in [0.717, 1.165) is 19.1 Å². The van der Waals surface area contributed by atoms with E-state index in [9.17, 15) is 18.0 Å². The Bertz CT molecular complexity index is 1040. The molecule has 0 spiro atoms. The zero-order valence-electron chi connectivity index (χ0n) is 15.9. The van der Waals surface area contributed by atoms with Crippen molar-refractivity contribution < 1.29 is 22.4 Å². The molecule has 1 aliphatic carbocycles. The van der Waals surface area contributed by atoms with Crippen molar-refractivity contribution in [3.8, 4) is 0 Å². The van der Waals surface area contributed by atoms with E-state index in [0.29, 0.717) is 23.7 Å². The van der Waals surface area contributed by atoms with Crippen LogP contribution in [0, 0.1) is 23.9 Å². The van der Waals surface area contributed by atoms with Crippen molar-refractivity contribution >= 4 is 23.3 Å². The molecule has 0 aliphatic heterocycles. The van der Waals surface area contributed by atoms with Crippen LogP contribution in [0.1, 0.15) is 47.7 Å². The third-order valence-electron chi connectivity index (χ3n) is 5.04. The van der Waals surface area contributed by atoms with Gasteiger partial charge in [-0.15, -0.1) is 0 Å². The zero-order valence-corrected chi connectivity index (χ0v) is 15.9. The van der Waals surface area contributed by atoms with Crippen molar-refractivity contribution in [2.24, 2.45) is 0 Å². The van der Waals surface area contributed by atoms with Crippen molar-refractivity contribution in [3.63, 3.8) is 0 Å². The van der Waals surface area contributed by atoms with E-state index in [2.05, 4.69) is 22.0 Å². The van der Waals surface area contributed by atoms with Crippen LogP contribution in [0.2, 0.25) is 0 Å². The number of carbonyl (C=O) groups excluding carboxylic acids is 1. The predicted molar refractivity (Wildman–Crippen MR) is 106 cm³/mol. The van der Waals surface area contributed by atoms with Gasteiger partial charge in [-0.25, -0.2) is 13.2 Å². The first-order valence-corrected chi connectivity index (χ1v) is 9.59. The van der Waals surface area contributed by atoms with Crippen LogP contribution in [-0.2, 0) is 0 Å². The molecular weight excluding hydrogens is 395 g/mol. The van der Waals surface area contributed by atoms with Crippen molar-refractivity contribution in [1.29, 1.82) is 0 Å². The van der Waals surface area contributed by atoms with E-state index in [1.165, 1.54) is 18.4 Å². The number of nitrogens with zero attached hydrogens (tertiary/aromatic N) is 1. The molecule has 1 fully saturated rings. The summed E-state index contributed by atoms with van der Waals surface area (Å²) in [7, 11) is 0. The third kappa shape index (κ3) is 4.48. The van der Waals surface area contributed by atoms with Crippen LogP contribution in [0.5, 0.6) is 0 Å². The minimum absolute atomic E-state index is 0.0496. The van der Waals surface area contributed by atoms with Crippen LogP contribution in [-0.4, -0.2) is 10.9 Å². The molecule has 3 aromatic rings. The van der Waals surface area contributed by atoms with E-state index >= 15 is 0 Å². The molecule has 1 atom stereocenters. The second-order valence-corrected chi connectivity index (χ2v) is 7.14. The first-order valence-electron chi connectivity index (χ1n) is 9.59. The Hall–Kier alpha value is -3.29. The average Bonchev–Trinajstić information content (AvgIpc) is 3.22. The van der Waals surface area contributed by atoms with Gasteiger partial charge in [0.15, 0.2) is 17.3 Å². The van der Waals surface area contributed by atoms with Gasteiger partial charge >= 0.3 is 0 Å². The lowest BCUT2D eigenvalue weighted by molar-refractivity contribution is 0.102. The molecule has 155 valence electrons. The summed E-state index contributed by atoms with van der Waals surface area (Å²) in [5.41, 5.74) is 1.43. The van der Waals surface area contributed by atoms with E-state index in [4.69, 9.17) is 4.42 Å². The molecule has 1 unspecified atom stereocenters. The van der Waals surface area contributed by atoms with Crippen molar-refractivity contribution in [3.05, 3.63) is 77.8 Å². The lowest BCUT2D eigenvalue weighted by Gasteiger charge is -2.21. The molecular formula is C22H19F3N3O2. The highest BCUT2D eigenvalue weighted by Crippen LogP contribution is 2.32. The van der Waals surface area contributed by atoms with E-state index < -0.39 is 23.4 Å². The van der Waals surface area contributed by atoms with Gasteiger partial charge in [-0.2, -0.15) is 4.98 Å². The van der Waals surface area contributed by atoms with Crippen LogP contribution < -0.4 is 10.6 Å². The number of anilines is 3. The average molecular weight is 414 g/mol. The number of benzene rings is 2. The molecule has 0 bridgehead atoms. The summed E-state index contributed by atoms with van der Waals surface area (Å²) >= 11 is 0. The van der Waals surface area contributed by atoms with Gasteiger partial charge in [0.2, 0.25) is 0 Å². The quantitative estimate of drug-likeness (QED) is 0.506. The number of halogens is 3. The molecule has 2 aromatic carbocycles. The van der Waals surface area contributed by atoms with Gasteiger partial charge in [0, 0.05) is 17.8 Å². The van der Waals surface area contributed by atoms with Gasteiger partial charge in [-0.05, 0) is 42.9 Å². The van der Waals surface area contributed by atoms with Crippen molar-refractivity contribution in [2.45, 2.75) is 31.6 Å². The Kier molecular flexibility index (Phi) is 5.74. The monoisotopic (exact) mass is 414 g/mol. The fourth-order valence-electron chi connectivity index (χ4n) is 3.45. The van der Waals surface area contributed by atoms with E-state index in [-0.39, 0.29) is 17.4 Å². The number of carbonyl (C=O) groups is 1. The minimum atomic E-state index is -1.31. The summed E-state index contributed by atoms with van der Waals surface area (Å²) in [5, 5.41) is 5.09. The largest absolute Gasteiger partial charge is 0.431 e. The van der Waals surface area contributed by atoms with Crippen LogP contribution in [0.25, 0.3) is 0 Å². The molecule has 1 heterocycles. The molecule has 4 rings (SSSR count). The maximum atomic E-state index is 13.7. The smallest absolute Gasteiger partial charge is 0.299 e. The standard InChI is InChI=1S/C22H19F3N3O2/c23-16-10-18(25)19(11-17(16)24)27-22-28-20(12-30-22)21(29)26-15-8-6-14(7-9-15)13-4-2-1-3-5-13/h2,6-13H,1,3-5H2,(H,26,29)(H,27,28). The minimum Gasteiger partial charge on any atom is -0.431 e. The number of rotatable bonds is 5. The van der Waals surface area contributed by atoms with Gasteiger partial charge in [0.25, 0.3) is 11.9 Å². The Morgan fingerprint density at radius 2 is 1.83 bits per heavy atom. The normalized spacial score (nSPS) is 14.5. The molecule has 1 saturated carbocycles. The molecule has 5 nitrogen and oxygen atoms in total. The first kappa shape index (κ1) is 20.0. The van der Waals surface area contributed by atoms with Crippen molar-refractivity contribution in [1.82, 2.24) is 4.98 Å². The molecule has 1 radical (unpaired) electrons. The summed E-state index contributed by atoms with van der Waals surface area (Å²) in [6.07, 6.45) is 7.99.